The van der Waals surface area contributed by atoms with Crippen molar-refractivity contribution in [3.05, 3.63) is 105 Å². The molecule has 2 aliphatic heterocycles. The maximum atomic E-state index is 14.3. The minimum absolute atomic E-state index is 0.0213. The standard InChI is InChI=1S/C30H32Cl2N4O/c1-19(2)26-18-20(3)4-13-25(26)29-34-27(21-5-9-23(31)10-6-21)28(22-7-11-24(32)12-8-22)36(29)30(37)35-16-14-33-15-17-35/h4-13,18-19,27-28,33H,14-17H2,1-3H3. The molecule has 0 aliphatic carbocycles. The number of hydrogen-bond acceptors (Lipinski definition) is 3. The van der Waals surface area contributed by atoms with E-state index in [-0.39, 0.29) is 24.0 Å². The average molecular weight is 536 g/mol. The molecule has 37 heavy (non-hydrogen) atoms. The fraction of sp³-hybridized carbons (Fsp3) is 0.333. The van der Waals surface area contributed by atoms with Gasteiger partial charge in [-0.05, 0) is 53.8 Å². The van der Waals surface area contributed by atoms with Gasteiger partial charge in [0.2, 0.25) is 0 Å². The van der Waals surface area contributed by atoms with Crippen LogP contribution in [-0.2, 0) is 0 Å². The largest absolute Gasteiger partial charge is 0.326 e. The lowest BCUT2D eigenvalue weighted by atomic mass is 9.92. The average Bonchev–Trinajstić information content (AvgIpc) is 3.30. The van der Waals surface area contributed by atoms with Crippen LogP contribution in [0.25, 0.3) is 0 Å². The number of urea groups is 1. The van der Waals surface area contributed by atoms with E-state index in [9.17, 15) is 4.79 Å². The predicted octanol–water partition coefficient (Wildman–Crippen LogP) is 7.00. The number of aryl methyl sites for hydroxylation is 1. The number of amidine groups is 1. The molecule has 1 fully saturated rings. The number of nitrogens with one attached hydrogen (secondary N) is 1. The van der Waals surface area contributed by atoms with Gasteiger partial charge in [-0.3, -0.25) is 9.89 Å². The monoisotopic (exact) mass is 534 g/mol. The fourth-order valence-corrected chi connectivity index (χ4v) is 5.48. The molecule has 2 atom stereocenters. The zero-order chi connectivity index (χ0) is 26.1. The summed E-state index contributed by atoms with van der Waals surface area (Å²) in [6.45, 7) is 9.34. The molecular formula is C30H32Cl2N4O. The van der Waals surface area contributed by atoms with Crippen molar-refractivity contribution in [1.82, 2.24) is 15.1 Å². The maximum absolute atomic E-state index is 14.3. The van der Waals surface area contributed by atoms with Crippen molar-refractivity contribution in [1.29, 1.82) is 0 Å². The normalized spacial score (nSPS) is 19.9. The fourth-order valence-electron chi connectivity index (χ4n) is 5.23. The Morgan fingerprint density at radius 2 is 1.51 bits per heavy atom. The molecule has 2 unspecified atom stereocenters. The molecule has 0 radical (unpaired) electrons. The van der Waals surface area contributed by atoms with Crippen LogP contribution in [0.5, 0.6) is 0 Å². The van der Waals surface area contributed by atoms with E-state index in [0.717, 1.165) is 29.8 Å². The molecule has 0 aromatic heterocycles. The first-order chi connectivity index (χ1) is 17.8. The number of halogens is 2. The van der Waals surface area contributed by atoms with Crippen LogP contribution in [0.1, 0.15) is 59.7 Å². The van der Waals surface area contributed by atoms with Crippen LogP contribution in [0.2, 0.25) is 10.0 Å². The number of aliphatic imine (C=N–C) groups is 1. The van der Waals surface area contributed by atoms with Gasteiger partial charge < -0.3 is 10.2 Å². The van der Waals surface area contributed by atoms with Crippen LogP contribution in [0.15, 0.2) is 71.7 Å². The van der Waals surface area contributed by atoms with Crippen molar-refractivity contribution in [3.8, 4) is 0 Å². The van der Waals surface area contributed by atoms with Gasteiger partial charge in [0.15, 0.2) is 0 Å². The number of benzene rings is 3. The van der Waals surface area contributed by atoms with E-state index in [2.05, 4.69) is 44.3 Å². The summed E-state index contributed by atoms with van der Waals surface area (Å²) in [7, 11) is 0. The summed E-state index contributed by atoms with van der Waals surface area (Å²) < 4.78 is 0. The summed E-state index contributed by atoms with van der Waals surface area (Å²) in [6, 6.07) is 21.4. The first-order valence-corrected chi connectivity index (χ1v) is 13.6. The Labute approximate surface area is 229 Å². The van der Waals surface area contributed by atoms with Gasteiger partial charge in [0, 0.05) is 41.8 Å². The predicted molar refractivity (Wildman–Crippen MR) is 152 cm³/mol. The quantitative estimate of drug-likeness (QED) is 0.391. The Balaban J connectivity index is 1.71. The molecule has 7 heteroatoms. The number of carbonyl (C=O) groups is 1. The minimum Gasteiger partial charge on any atom is -0.322 e. The molecule has 0 spiro atoms. The van der Waals surface area contributed by atoms with Crippen LogP contribution in [0.4, 0.5) is 4.79 Å². The lowest BCUT2D eigenvalue weighted by molar-refractivity contribution is 0.157. The molecule has 0 bridgehead atoms. The molecule has 1 N–H and O–H groups in total. The third-order valence-electron chi connectivity index (χ3n) is 7.15. The molecule has 2 aliphatic rings. The van der Waals surface area contributed by atoms with Gasteiger partial charge in [0.05, 0.1) is 6.04 Å². The number of nitrogens with zero attached hydrogens (tertiary/aromatic N) is 3. The van der Waals surface area contributed by atoms with E-state index in [0.29, 0.717) is 29.0 Å². The molecule has 2 heterocycles. The zero-order valence-corrected chi connectivity index (χ0v) is 22.9. The van der Waals surface area contributed by atoms with Crippen molar-refractivity contribution < 1.29 is 4.79 Å². The Morgan fingerprint density at radius 1 is 0.919 bits per heavy atom. The van der Waals surface area contributed by atoms with Gasteiger partial charge in [0.1, 0.15) is 11.9 Å². The van der Waals surface area contributed by atoms with E-state index in [1.54, 1.807) is 0 Å². The van der Waals surface area contributed by atoms with Crippen molar-refractivity contribution in [2.75, 3.05) is 26.2 Å². The van der Waals surface area contributed by atoms with Gasteiger partial charge in [0.25, 0.3) is 0 Å². The van der Waals surface area contributed by atoms with E-state index < -0.39 is 0 Å². The summed E-state index contributed by atoms with van der Waals surface area (Å²) >= 11 is 12.5. The lowest BCUT2D eigenvalue weighted by Gasteiger charge is -2.36. The van der Waals surface area contributed by atoms with Gasteiger partial charge in [-0.25, -0.2) is 4.79 Å². The molecule has 5 rings (SSSR count). The van der Waals surface area contributed by atoms with Crippen LogP contribution in [0.3, 0.4) is 0 Å². The zero-order valence-electron chi connectivity index (χ0n) is 21.4. The first kappa shape index (κ1) is 25.8. The molecule has 3 aromatic carbocycles. The third kappa shape index (κ3) is 5.26. The van der Waals surface area contributed by atoms with Crippen LogP contribution in [-0.4, -0.2) is 47.8 Å². The SMILES string of the molecule is Cc1ccc(C2=NC(c3ccc(Cl)cc3)C(c3ccc(Cl)cc3)N2C(=O)N2CCNCC2)c(C(C)C)c1. The highest BCUT2D eigenvalue weighted by atomic mass is 35.5. The smallest absolute Gasteiger partial charge is 0.322 e. The molecule has 5 nitrogen and oxygen atoms in total. The summed E-state index contributed by atoms with van der Waals surface area (Å²) in [5.74, 6) is 0.990. The molecular weight excluding hydrogens is 503 g/mol. The van der Waals surface area contributed by atoms with Gasteiger partial charge in [-0.1, -0.05) is 85.1 Å². The molecule has 1 saturated heterocycles. The number of amides is 2. The number of piperazine rings is 1. The number of hydrogen-bond donors (Lipinski definition) is 1. The molecule has 2 amide bonds. The highest BCUT2D eigenvalue weighted by Crippen LogP contribution is 2.45. The maximum Gasteiger partial charge on any atom is 0.326 e. The van der Waals surface area contributed by atoms with Crippen molar-refractivity contribution in [2.45, 2.75) is 38.8 Å². The summed E-state index contributed by atoms with van der Waals surface area (Å²) in [5, 5.41) is 4.68. The lowest BCUT2D eigenvalue weighted by Crippen LogP contribution is -2.53. The second-order valence-electron chi connectivity index (χ2n) is 10.1. The highest BCUT2D eigenvalue weighted by Gasteiger charge is 2.44. The number of rotatable bonds is 4. The highest BCUT2D eigenvalue weighted by molar-refractivity contribution is 6.30. The molecule has 0 saturated carbocycles. The Bertz CT molecular complexity index is 1300. The van der Waals surface area contributed by atoms with E-state index in [1.807, 2.05) is 58.3 Å². The topological polar surface area (TPSA) is 47.9 Å². The first-order valence-electron chi connectivity index (χ1n) is 12.8. The van der Waals surface area contributed by atoms with Crippen LogP contribution in [0, 0.1) is 6.92 Å². The Morgan fingerprint density at radius 3 is 2.11 bits per heavy atom. The summed E-state index contributed by atoms with van der Waals surface area (Å²) in [4.78, 5) is 23.5. The second kappa shape index (κ2) is 10.9. The second-order valence-corrected chi connectivity index (χ2v) is 11.0. The van der Waals surface area contributed by atoms with E-state index in [1.165, 1.54) is 11.1 Å². The van der Waals surface area contributed by atoms with Gasteiger partial charge in [-0.2, -0.15) is 0 Å². The Kier molecular flexibility index (Phi) is 7.57. The van der Waals surface area contributed by atoms with Crippen molar-refractivity contribution >= 4 is 35.1 Å². The molecule has 192 valence electrons. The van der Waals surface area contributed by atoms with Crippen LogP contribution >= 0.6 is 23.2 Å². The third-order valence-corrected chi connectivity index (χ3v) is 7.66. The van der Waals surface area contributed by atoms with E-state index >= 15 is 0 Å². The van der Waals surface area contributed by atoms with Crippen LogP contribution < -0.4 is 5.32 Å². The molecule has 3 aromatic rings. The van der Waals surface area contributed by atoms with Gasteiger partial charge >= 0.3 is 6.03 Å². The van der Waals surface area contributed by atoms with Gasteiger partial charge in [-0.15, -0.1) is 0 Å². The summed E-state index contributed by atoms with van der Waals surface area (Å²) in [6.07, 6.45) is 0. The number of carbonyl (C=O) groups excluding carboxylic acids is 1. The van der Waals surface area contributed by atoms with Crippen molar-refractivity contribution in [2.24, 2.45) is 4.99 Å². The summed E-state index contributed by atoms with van der Waals surface area (Å²) in [5.41, 5.74) is 5.37. The minimum atomic E-state index is -0.322. The Hall–Kier alpha value is -2.86. The van der Waals surface area contributed by atoms with Crippen molar-refractivity contribution in [3.63, 3.8) is 0 Å². The van der Waals surface area contributed by atoms with E-state index in [4.69, 9.17) is 28.2 Å².